The van der Waals surface area contributed by atoms with E-state index in [2.05, 4.69) is 15.3 Å². The SMILES string of the molecule is COc1ccc(/C=N/n2c(-c3ccc(F)cc3)n[nH]c2=S)cc1OC. The minimum absolute atomic E-state index is 0.321. The van der Waals surface area contributed by atoms with Gasteiger partial charge in [-0.25, -0.2) is 9.49 Å². The van der Waals surface area contributed by atoms with Crippen molar-refractivity contribution in [2.24, 2.45) is 5.10 Å². The second-order valence-electron chi connectivity index (χ2n) is 5.03. The maximum atomic E-state index is 13.1. The molecule has 1 heterocycles. The standard InChI is InChI=1S/C17H15FN4O2S/c1-23-14-8-3-11(9-15(14)24-2)10-19-22-16(20-21-17(22)25)12-4-6-13(18)7-5-12/h3-10H,1-2H3,(H,21,25)/b19-10+. The first-order chi connectivity index (χ1) is 12.1. The van der Waals surface area contributed by atoms with Crippen LogP contribution in [0.2, 0.25) is 0 Å². The first-order valence-corrected chi connectivity index (χ1v) is 7.73. The fourth-order valence-electron chi connectivity index (χ4n) is 2.24. The van der Waals surface area contributed by atoms with E-state index in [1.54, 1.807) is 44.7 Å². The van der Waals surface area contributed by atoms with Crippen LogP contribution in [0.5, 0.6) is 11.5 Å². The molecule has 3 aromatic rings. The molecule has 0 fully saturated rings. The van der Waals surface area contributed by atoms with Gasteiger partial charge in [0.2, 0.25) is 4.77 Å². The van der Waals surface area contributed by atoms with E-state index in [9.17, 15) is 4.39 Å². The Morgan fingerprint density at radius 2 is 1.84 bits per heavy atom. The van der Waals surface area contributed by atoms with Crippen molar-refractivity contribution < 1.29 is 13.9 Å². The van der Waals surface area contributed by atoms with Crippen LogP contribution >= 0.6 is 12.2 Å². The smallest absolute Gasteiger partial charge is 0.216 e. The van der Waals surface area contributed by atoms with Gasteiger partial charge in [-0.3, -0.25) is 0 Å². The fourth-order valence-corrected chi connectivity index (χ4v) is 2.42. The first-order valence-electron chi connectivity index (χ1n) is 7.32. The molecule has 0 aliphatic carbocycles. The van der Waals surface area contributed by atoms with Crippen LogP contribution in [0.1, 0.15) is 5.56 Å². The molecule has 2 aromatic carbocycles. The Kier molecular flexibility index (Phi) is 4.90. The minimum Gasteiger partial charge on any atom is -0.493 e. The number of aromatic amines is 1. The summed E-state index contributed by atoms with van der Waals surface area (Å²) in [5.74, 6) is 1.40. The van der Waals surface area contributed by atoms with Gasteiger partial charge in [0.05, 0.1) is 20.4 Å². The molecule has 0 aliphatic rings. The number of methoxy groups -OCH3 is 2. The van der Waals surface area contributed by atoms with Crippen LogP contribution in [0.3, 0.4) is 0 Å². The lowest BCUT2D eigenvalue weighted by atomic mass is 10.2. The predicted octanol–water partition coefficient (Wildman–Crippen LogP) is 3.65. The molecule has 128 valence electrons. The van der Waals surface area contributed by atoms with Crippen LogP contribution < -0.4 is 9.47 Å². The number of H-pyrrole nitrogens is 1. The number of nitrogens with zero attached hydrogens (tertiary/aromatic N) is 3. The zero-order valence-electron chi connectivity index (χ0n) is 13.6. The molecule has 0 amide bonds. The lowest BCUT2D eigenvalue weighted by Gasteiger charge is -2.07. The van der Waals surface area contributed by atoms with Gasteiger partial charge in [0.15, 0.2) is 17.3 Å². The van der Waals surface area contributed by atoms with Crippen LogP contribution in [-0.2, 0) is 0 Å². The Bertz CT molecular complexity index is 964. The van der Waals surface area contributed by atoms with E-state index >= 15 is 0 Å². The van der Waals surface area contributed by atoms with E-state index in [0.29, 0.717) is 27.7 Å². The molecular weight excluding hydrogens is 343 g/mol. The summed E-state index contributed by atoms with van der Waals surface area (Å²) in [4.78, 5) is 0. The molecule has 0 radical (unpaired) electrons. The van der Waals surface area contributed by atoms with Gasteiger partial charge < -0.3 is 9.47 Å². The first kappa shape index (κ1) is 16.8. The highest BCUT2D eigenvalue weighted by atomic mass is 32.1. The second-order valence-corrected chi connectivity index (χ2v) is 5.42. The highest BCUT2D eigenvalue weighted by molar-refractivity contribution is 7.71. The van der Waals surface area contributed by atoms with E-state index in [4.69, 9.17) is 21.7 Å². The summed E-state index contributed by atoms with van der Waals surface area (Å²) in [6.45, 7) is 0. The molecule has 3 rings (SSSR count). The van der Waals surface area contributed by atoms with E-state index in [-0.39, 0.29) is 5.82 Å². The average molecular weight is 358 g/mol. The number of nitrogens with one attached hydrogen (secondary N) is 1. The lowest BCUT2D eigenvalue weighted by Crippen LogP contribution is -1.96. The average Bonchev–Trinajstić information content (AvgIpc) is 3.01. The number of hydrogen-bond acceptors (Lipinski definition) is 5. The largest absolute Gasteiger partial charge is 0.493 e. The van der Waals surface area contributed by atoms with Crippen molar-refractivity contribution in [1.82, 2.24) is 14.9 Å². The summed E-state index contributed by atoms with van der Waals surface area (Å²) >= 11 is 5.21. The third kappa shape index (κ3) is 3.58. The van der Waals surface area contributed by atoms with Gasteiger partial charge in [-0.15, -0.1) is 0 Å². The highest BCUT2D eigenvalue weighted by Gasteiger charge is 2.08. The Hall–Kier alpha value is -3.00. The summed E-state index contributed by atoms with van der Waals surface area (Å²) in [6.07, 6.45) is 1.63. The summed E-state index contributed by atoms with van der Waals surface area (Å²) in [6, 6.07) is 11.4. The fraction of sp³-hybridized carbons (Fsp3) is 0.118. The van der Waals surface area contributed by atoms with Crippen LogP contribution in [0, 0.1) is 10.6 Å². The molecule has 0 bridgehead atoms. The molecule has 0 unspecified atom stereocenters. The molecule has 1 N–H and O–H groups in total. The minimum atomic E-state index is -0.321. The summed E-state index contributed by atoms with van der Waals surface area (Å²) in [7, 11) is 3.14. The summed E-state index contributed by atoms with van der Waals surface area (Å²) in [5.41, 5.74) is 1.49. The van der Waals surface area contributed by atoms with Gasteiger partial charge in [-0.05, 0) is 60.2 Å². The third-order valence-corrected chi connectivity index (χ3v) is 3.75. The number of halogens is 1. The monoisotopic (exact) mass is 358 g/mol. The van der Waals surface area contributed by atoms with Gasteiger partial charge in [0.25, 0.3) is 0 Å². The molecule has 8 heteroatoms. The van der Waals surface area contributed by atoms with Crippen molar-refractivity contribution in [2.75, 3.05) is 14.2 Å². The van der Waals surface area contributed by atoms with Gasteiger partial charge in [-0.1, -0.05) is 0 Å². The topological polar surface area (TPSA) is 64.4 Å². The van der Waals surface area contributed by atoms with Gasteiger partial charge in [-0.2, -0.15) is 14.9 Å². The summed E-state index contributed by atoms with van der Waals surface area (Å²) in [5, 5.41) is 11.2. The molecular formula is C17H15FN4O2S. The molecule has 0 atom stereocenters. The van der Waals surface area contributed by atoms with E-state index in [1.165, 1.54) is 16.8 Å². The van der Waals surface area contributed by atoms with Crippen LogP contribution in [0.15, 0.2) is 47.6 Å². The van der Waals surface area contributed by atoms with E-state index < -0.39 is 0 Å². The lowest BCUT2D eigenvalue weighted by molar-refractivity contribution is 0.355. The molecule has 0 saturated heterocycles. The second kappa shape index (κ2) is 7.27. The zero-order chi connectivity index (χ0) is 17.8. The number of hydrogen-bond donors (Lipinski definition) is 1. The quantitative estimate of drug-likeness (QED) is 0.559. The molecule has 0 saturated carbocycles. The van der Waals surface area contributed by atoms with E-state index in [1.807, 2.05) is 6.07 Å². The van der Waals surface area contributed by atoms with Crippen molar-refractivity contribution in [2.45, 2.75) is 0 Å². The molecule has 25 heavy (non-hydrogen) atoms. The van der Waals surface area contributed by atoms with Crippen LogP contribution in [-0.4, -0.2) is 35.3 Å². The number of aromatic nitrogens is 3. The Morgan fingerprint density at radius 1 is 1.12 bits per heavy atom. The molecule has 0 aliphatic heterocycles. The Balaban J connectivity index is 1.96. The van der Waals surface area contributed by atoms with Crippen molar-refractivity contribution >= 4 is 18.4 Å². The maximum absolute atomic E-state index is 13.1. The molecule has 6 nitrogen and oxygen atoms in total. The van der Waals surface area contributed by atoms with Crippen LogP contribution in [0.25, 0.3) is 11.4 Å². The normalized spacial score (nSPS) is 11.0. The van der Waals surface area contributed by atoms with Crippen LogP contribution in [0.4, 0.5) is 4.39 Å². The van der Waals surface area contributed by atoms with E-state index in [0.717, 1.165) is 5.56 Å². The van der Waals surface area contributed by atoms with Crippen molar-refractivity contribution in [1.29, 1.82) is 0 Å². The Morgan fingerprint density at radius 3 is 2.52 bits per heavy atom. The highest BCUT2D eigenvalue weighted by Crippen LogP contribution is 2.27. The number of rotatable bonds is 5. The van der Waals surface area contributed by atoms with Crippen molar-refractivity contribution in [3.63, 3.8) is 0 Å². The van der Waals surface area contributed by atoms with Gasteiger partial charge in [0, 0.05) is 5.56 Å². The zero-order valence-corrected chi connectivity index (χ0v) is 14.4. The van der Waals surface area contributed by atoms with Gasteiger partial charge in [0.1, 0.15) is 5.82 Å². The molecule has 0 spiro atoms. The van der Waals surface area contributed by atoms with Crippen molar-refractivity contribution in [3.05, 3.63) is 58.6 Å². The third-order valence-electron chi connectivity index (χ3n) is 3.48. The Labute approximate surface area is 148 Å². The predicted molar refractivity (Wildman–Crippen MR) is 95.3 cm³/mol. The number of benzene rings is 2. The van der Waals surface area contributed by atoms with Crippen molar-refractivity contribution in [3.8, 4) is 22.9 Å². The maximum Gasteiger partial charge on any atom is 0.216 e. The summed E-state index contributed by atoms with van der Waals surface area (Å²) < 4.78 is 25.4. The number of ether oxygens (including phenoxy) is 2. The molecule has 1 aromatic heterocycles. The van der Waals surface area contributed by atoms with Gasteiger partial charge >= 0.3 is 0 Å².